The quantitative estimate of drug-likeness (QED) is 0.367. The Morgan fingerprint density at radius 2 is 2.20 bits per heavy atom. The minimum absolute atomic E-state index is 0.145. The zero-order chi connectivity index (χ0) is 17.4. The number of nitrogens with zero attached hydrogens (tertiary/aromatic N) is 1. The molecule has 3 nitrogen and oxygen atoms in total. The van der Waals surface area contributed by atoms with Gasteiger partial charge in [-0.1, -0.05) is 23.8 Å². The molecule has 0 aromatic carbocycles. The first-order valence-corrected chi connectivity index (χ1v) is 11.0. The van der Waals surface area contributed by atoms with E-state index in [2.05, 4.69) is 55.2 Å². The lowest BCUT2D eigenvalue weighted by molar-refractivity contribution is 0.527. The van der Waals surface area contributed by atoms with E-state index in [1.54, 1.807) is 22.7 Å². The second kappa shape index (κ2) is 7.37. The van der Waals surface area contributed by atoms with Gasteiger partial charge in [-0.25, -0.2) is 4.98 Å². The van der Waals surface area contributed by atoms with E-state index < -0.39 is 0 Å². The van der Waals surface area contributed by atoms with Crippen molar-refractivity contribution >= 4 is 66.1 Å². The van der Waals surface area contributed by atoms with Crippen LogP contribution in [0.3, 0.4) is 0 Å². The Hall–Kier alpha value is -0.920. The molecule has 3 aromatic heterocycles. The Morgan fingerprint density at radius 1 is 1.36 bits per heavy atom. The van der Waals surface area contributed by atoms with Crippen LogP contribution >= 0.6 is 50.2 Å². The minimum atomic E-state index is 0.145. The number of allylic oxidation sites excluding steroid dienone is 1. The molecular weight excluding hydrogens is 438 g/mol. The molecule has 3 N–H and O–H groups in total. The van der Waals surface area contributed by atoms with E-state index in [-0.39, 0.29) is 6.04 Å². The lowest BCUT2D eigenvalue weighted by Gasteiger charge is -2.24. The molecule has 3 heterocycles. The topological polar surface area (TPSA) is 50.9 Å². The molecule has 1 aliphatic rings. The first kappa shape index (κ1) is 17.5. The molecule has 2 atom stereocenters. The van der Waals surface area contributed by atoms with Crippen LogP contribution in [0.25, 0.3) is 10.2 Å². The van der Waals surface area contributed by atoms with Gasteiger partial charge in [-0.2, -0.15) is 11.3 Å². The lowest BCUT2D eigenvalue weighted by Crippen LogP contribution is -2.29. The molecule has 0 spiro atoms. The fourth-order valence-corrected chi connectivity index (χ4v) is 6.25. The Bertz CT molecular complexity index is 920. The molecule has 25 heavy (non-hydrogen) atoms. The summed E-state index contributed by atoms with van der Waals surface area (Å²) in [4.78, 5) is 5.82. The highest BCUT2D eigenvalue weighted by Gasteiger charge is 2.27. The number of anilines is 1. The van der Waals surface area contributed by atoms with Crippen LogP contribution in [0.1, 0.15) is 29.2 Å². The Morgan fingerprint density at radius 3 is 2.96 bits per heavy atom. The smallest absolute Gasteiger partial charge is 0.131 e. The van der Waals surface area contributed by atoms with Gasteiger partial charge in [0.2, 0.25) is 0 Å². The van der Waals surface area contributed by atoms with E-state index >= 15 is 0 Å². The van der Waals surface area contributed by atoms with Gasteiger partial charge in [0, 0.05) is 29.4 Å². The van der Waals surface area contributed by atoms with Gasteiger partial charge in [-0.05, 0) is 51.2 Å². The summed E-state index contributed by atoms with van der Waals surface area (Å²) in [6.45, 7) is 0.773. The number of fused-ring (bicyclic) bond motifs is 1. The zero-order valence-electron chi connectivity index (χ0n) is 13.3. The van der Waals surface area contributed by atoms with Gasteiger partial charge >= 0.3 is 0 Å². The normalized spacial score (nSPS) is 20.3. The summed E-state index contributed by atoms with van der Waals surface area (Å²) in [5.74, 6) is 0.321. The second-order valence-electron chi connectivity index (χ2n) is 6.15. The molecule has 0 saturated heterocycles. The number of aromatic nitrogens is 1. The number of thiophene rings is 2. The maximum absolute atomic E-state index is 6.37. The number of nitrogens with two attached hydrogens (primary N) is 1. The Kier molecular flexibility index (Phi) is 5.15. The third-order valence-corrected chi connectivity index (χ3v) is 7.79. The fraction of sp³-hybridized carbons (Fsp3) is 0.278. The van der Waals surface area contributed by atoms with Gasteiger partial charge in [0.25, 0.3) is 0 Å². The van der Waals surface area contributed by atoms with E-state index in [0.29, 0.717) is 11.1 Å². The van der Waals surface area contributed by atoms with E-state index in [9.17, 15) is 0 Å². The highest BCUT2D eigenvalue weighted by molar-refractivity contribution is 9.10. The van der Waals surface area contributed by atoms with Crippen molar-refractivity contribution in [3.05, 3.63) is 55.1 Å². The SMILES string of the molecule is N[C@@H]1CC=CC[C@H]1c1sc2c(NCc3ccsc3)cc(Cl)nc2c1Br. The molecule has 0 aliphatic heterocycles. The predicted octanol–water partition coefficient (Wildman–Crippen LogP) is 6.15. The molecule has 130 valence electrons. The molecule has 0 bridgehead atoms. The summed E-state index contributed by atoms with van der Waals surface area (Å²) in [7, 11) is 0. The highest BCUT2D eigenvalue weighted by Crippen LogP contribution is 2.45. The van der Waals surface area contributed by atoms with Crippen LogP contribution in [0.15, 0.2) is 39.5 Å². The van der Waals surface area contributed by atoms with Crippen molar-refractivity contribution in [3.63, 3.8) is 0 Å². The van der Waals surface area contributed by atoms with Gasteiger partial charge in [-0.3, -0.25) is 0 Å². The fourth-order valence-electron chi connectivity index (χ4n) is 3.12. The van der Waals surface area contributed by atoms with Gasteiger partial charge < -0.3 is 11.1 Å². The average Bonchev–Trinajstić information content (AvgIpc) is 3.22. The largest absolute Gasteiger partial charge is 0.380 e. The van der Waals surface area contributed by atoms with Crippen LogP contribution in [0, 0.1) is 0 Å². The molecule has 0 saturated carbocycles. The first-order chi connectivity index (χ1) is 12.1. The van der Waals surface area contributed by atoms with Crippen molar-refractivity contribution in [3.8, 4) is 0 Å². The molecule has 0 radical (unpaired) electrons. The van der Waals surface area contributed by atoms with Gasteiger partial charge in [0.15, 0.2) is 0 Å². The molecular formula is C18H17BrClN3S2. The van der Waals surface area contributed by atoms with Gasteiger partial charge in [0.1, 0.15) is 5.15 Å². The number of rotatable bonds is 4. The number of halogens is 2. The van der Waals surface area contributed by atoms with Crippen LogP contribution in [0.4, 0.5) is 5.69 Å². The van der Waals surface area contributed by atoms with Crippen LogP contribution in [-0.4, -0.2) is 11.0 Å². The summed E-state index contributed by atoms with van der Waals surface area (Å²) in [6.07, 6.45) is 6.28. The van der Waals surface area contributed by atoms with E-state index in [1.807, 2.05) is 6.07 Å². The Balaban J connectivity index is 1.73. The molecule has 0 fully saturated rings. The van der Waals surface area contributed by atoms with E-state index in [1.165, 1.54) is 10.4 Å². The highest BCUT2D eigenvalue weighted by atomic mass is 79.9. The van der Waals surface area contributed by atoms with Crippen LogP contribution in [-0.2, 0) is 6.54 Å². The molecule has 1 aliphatic carbocycles. The molecule has 4 rings (SSSR count). The molecule has 0 amide bonds. The van der Waals surface area contributed by atoms with Crippen molar-refractivity contribution in [1.82, 2.24) is 4.98 Å². The zero-order valence-corrected chi connectivity index (χ0v) is 17.3. The van der Waals surface area contributed by atoms with Crippen molar-refractivity contribution < 1.29 is 0 Å². The van der Waals surface area contributed by atoms with Crippen molar-refractivity contribution in [2.45, 2.75) is 31.3 Å². The molecule has 7 heteroatoms. The second-order valence-corrected chi connectivity index (χ2v) is 9.16. The summed E-state index contributed by atoms with van der Waals surface area (Å²) >= 11 is 13.5. The van der Waals surface area contributed by atoms with Crippen molar-refractivity contribution in [2.75, 3.05) is 5.32 Å². The van der Waals surface area contributed by atoms with E-state index in [4.69, 9.17) is 17.3 Å². The van der Waals surface area contributed by atoms with Crippen LogP contribution in [0.5, 0.6) is 0 Å². The van der Waals surface area contributed by atoms with Crippen LogP contribution in [0.2, 0.25) is 5.15 Å². The minimum Gasteiger partial charge on any atom is -0.380 e. The van der Waals surface area contributed by atoms with Crippen molar-refractivity contribution in [2.24, 2.45) is 5.73 Å². The average molecular weight is 455 g/mol. The van der Waals surface area contributed by atoms with E-state index in [0.717, 1.165) is 39.8 Å². The van der Waals surface area contributed by atoms with Gasteiger partial charge in [0.05, 0.1) is 20.4 Å². The number of hydrogen-bond donors (Lipinski definition) is 2. The number of nitrogens with one attached hydrogen (secondary N) is 1. The van der Waals surface area contributed by atoms with Crippen LogP contribution < -0.4 is 11.1 Å². The number of pyridine rings is 1. The predicted molar refractivity (Wildman–Crippen MR) is 113 cm³/mol. The van der Waals surface area contributed by atoms with Crippen molar-refractivity contribution in [1.29, 1.82) is 0 Å². The maximum atomic E-state index is 6.37. The number of hydrogen-bond acceptors (Lipinski definition) is 5. The maximum Gasteiger partial charge on any atom is 0.131 e. The third-order valence-electron chi connectivity index (χ3n) is 4.46. The summed E-state index contributed by atoms with van der Waals surface area (Å²) in [6, 6.07) is 4.18. The van der Waals surface area contributed by atoms with Gasteiger partial charge in [-0.15, -0.1) is 11.3 Å². The standard InChI is InChI=1S/C18H17BrClN3S2/c19-15-16-18(25-17(15)11-3-1-2-4-12(11)21)13(7-14(20)23-16)22-8-10-5-6-24-9-10/h1-2,5-7,9,11-12H,3-4,8,21H2,(H,22,23)/t11-,12-/m1/s1. The monoisotopic (exact) mass is 453 g/mol. The first-order valence-electron chi connectivity index (χ1n) is 8.07. The Labute approximate surface area is 168 Å². The molecule has 3 aromatic rings. The lowest BCUT2D eigenvalue weighted by atomic mass is 9.88. The summed E-state index contributed by atoms with van der Waals surface area (Å²) < 4.78 is 2.16. The summed E-state index contributed by atoms with van der Waals surface area (Å²) in [5, 5.41) is 8.25. The third kappa shape index (κ3) is 3.51. The summed E-state index contributed by atoms with van der Waals surface area (Å²) in [5.41, 5.74) is 9.58. The molecule has 0 unspecified atom stereocenters.